The van der Waals surface area contributed by atoms with Crippen LogP contribution in [0.1, 0.15) is 43.6 Å². The molecule has 1 unspecified atom stereocenters. The third-order valence-electron chi connectivity index (χ3n) is 3.70. The molecule has 6 heteroatoms. The predicted octanol–water partition coefficient (Wildman–Crippen LogP) is 2.63. The van der Waals surface area contributed by atoms with Gasteiger partial charge in [-0.1, -0.05) is 32.9 Å². The van der Waals surface area contributed by atoms with Crippen LogP contribution in [0.5, 0.6) is 0 Å². The number of hydrogen-bond donors (Lipinski definition) is 1. The number of hydrogen-bond acceptors (Lipinski definition) is 3. The fourth-order valence-corrected chi connectivity index (χ4v) is 2.82. The van der Waals surface area contributed by atoms with Gasteiger partial charge in [-0.05, 0) is 30.0 Å². The third-order valence-corrected chi connectivity index (χ3v) is 4.54. The smallest absolute Gasteiger partial charge is 0.270 e. The van der Waals surface area contributed by atoms with Crippen LogP contribution in [-0.2, 0) is 17.3 Å². The fraction of sp³-hybridized carbons (Fsp3) is 0.389. The van der Waals surface area contributed by atoms with Gasteiger partial charge < -0.3 is 9.88 Å². The minimum absolute atomic E-state index is 0.0351. The summed E-state index contributed by atoms with van der Waals surface area (Å²) in [6, 6.07) is 6.77. The number of aromatic nitrogens is 1. The predicted molar refractivity (Wildman–Crippen MR) is 95.9 cm³/mol. The summed E-state index contributed by atoms with van der Waals surface area (Å²) in [5.41, 5.74) is 1.72. The van der Waals surface area contributed by atoms with Gasteiger partial charge in [-0.3, -0.25) is 9.59 Å². The van der Waals surface area contributed by atoms with Crippen molar-refractivity contribution in [2.75, 3.05) is 0 Å². The molecule has 0 saturated heterocycles. The molecule has 1 aromatic carbocycles. The lowest BCUT2D eigenvalue weighted by atomic mass is 9.86. The van der Waals surface area contributed by atoms with Crippen molar-refractivity contribution in [3.05, 3.63) is 51.8 Å². The number of carbonyl (C=O) groups is 2. The Bertz CT molecular complexity index is 795. The lowest BCUT2D eigenvalue weighted by molar-refractivity contribution is -0.119. The van der Waals surface area contributed by atoms with E-state index in [0.29, 0.717) is 10.4 Å². The number of amides is 2. The summed E-state index contributed by atoms with van der Waals surface area (Å²) in [4.78, 5) is 29.1. The number of aryl methyl sites for hydroxylation is 1. The number of nitrogens with one attached hydrogen (secondary N) is 1. The van der Waals surface area contributed by atoms with Crippen molar-refractivity contribution in [1.82, 2.24) is 9.88 Å². The second-order valence-corrected chi connectivity index (χ2v) is 7.64. The van der Waals surface area contributed by atoms with E-state index in [4.69, 9.17) is 0 Å². The van der Waals surface area contributed by atoms with Crippen LogP contribution in [-0.4, -0.2) is 22.4 Å². The largest absolute Gasteiger partial charge is 0.340 e. The van der Waals surface area contributed by atoms with Crippen LogP contribution in [0.2, 0.25) is 0 Å². The van der Waals surface area contributed by atoms with E-state index < -0.39 is 6.04 Å². The second-order valence-electron chi connectivity index (χ2n) is 6.77. The van der Waals surface area contributed by atoms with Crippen LogP contribution >= 0.6 is 11.3 Å². The van der Waals surface area contributed by atoms with Crippen molar-refractivity contribution in [3.8, 4) is 0 Å². The highest BCUT2D eigenvalue weighted by atomic mass is 32.1. The minimum atomic E-state index is -0.679. The van der Waals surface area contributed by atoms with E-state index in [9.17, 15) is 9.59 Å². The quantitative estimate of drug-likeness (QED) is 0.929. The molecule has 0 aliphatic rings. The molecule has 0 spiro atoms. The summed E-state index contributed by atoms with van der Waals surface area (Å²) >= 11 is 1.38. The maximum atomic E-state index is 12.3. The van der Waals surface area contributed by atoms with E-state index in [0.717, 1.165) is 5.56 Å². The Hall–Kier alpha value is -2.21. The molecule has 1 N–H and O–H groups in total. The molecular weight excluding hydrogens is 322 g/mol. The molecule has 2 aromatic rings. The lowest BCUT2D eigenvalue weighted by Gasteiger charge is -2.19. The van der Waals surface area contributed by atoms with Crippen molar-refractivity contribution in [2.24, 2.45) is 12.0 Å². The zero-order valence-electron chi connectivity index (χ0n) is 14.7. The van der Waals surface area contributed by atoms with Gasteiger partial charge in [0.2, 0.25) is 0 Å². The standard InChI is InChI=1S/C18H23N3O2S/c1-12(15(22)20-17-21(5)10-11-24-17)19-16(23)13-6-8-14(9-7-13)18(2,3)4/h6-12H,1-5H3,(H,19,23). The summed E-state index contributed by atoms with van der Waals surface area (Å²) in [5, 5.41) is 4.55. The Morgan fingerprint density at radius 3 is 2.33 bits per heavy atom. The molecule has 2 amide bonds. The fourth-order valence-electron chi connectivity index (χ4n) is 2.09. The zero-order chi connectivity index (χ0) is 17.9. The lowest BCUT2D eigenvalue weighted by Crippen LogP contribution is -2.38. The van der Waals surface area contributed by atoms with Gasteiger partial charge in [0, 0.05) is 24.2 Å². The number of benzene rings is 1. The molecule has 2 rings (SSSR count). The van der Waals surface area contributed by atoms with Gasteiger partial charge in [0.05, 0.1) is 0 Å². The first-order valence-electron chi connectivity index (χ1n) is 7.78. The molecule has 0 aliphatic carbocycles. The van der Waals surface area contributed by atoms with Crippen LogP contribution < -0.4 is 10.1 Å². The van der Waals surface area contributed by atoms with Crippen LogP contribution in [0.15, 0.2) is 40.8 Å². The van der Waals surface area contributed by atoms with Crippen LogP contribution in [0.4, 0.5) is 0 Å². The Morgan fingerprint density at radius 1 is 1.21 bits per heavy atom. The maximum Gasteiger partial charge on any atom is 0.270 e. The molecule has 1 atom stereocenters. The Morgan fingerprint density at radius 2 is 1.83 bits per heavy atom. The first-order chi connectivity index (χ1) is 11.2. The first-order valence-corrected chi connectivity index (χ1v) is 8.66. The van der Waals surface area contributed by atoms with Crippen LogP contribution in [0.3, 0.4) is 0 Å². The molecular formula is C18H23N3O2S. The summed E-state index contributed by atoms with van der Waals surface area (Å²) in [5.74, 6) is -0.644. The zero-order valence-corrected chi connectivity index (χ0v) is 15.5. The van der Waals surface area contributed by atoms with Gasteiger partial charge in [0.15, 0.2) is 4.80 Å². The van der Waals surface area contributed by atoms with Crippen LogP contribution in [0.25, 0.3) is 0 Å². The number of thiazole rings is 1. The molecule has 0 saturated carbocycles. The average Bonchev–Trinajstić information content (AvgIpc) is 2.91. The van der Waals surface area contributed by atoms with Gasteiger partial charge in [-0.2, -0.15) is 4.99 Å². The third kappa shape index (κ3) is 4.41. The average molecular weight is 345 g/mol. The monoisotopic (exact) mass is 345 g/mol. The van der Waals surface area contributed by atoms with E-state index in [2.05, 4.69) is 31.1 Å². The SMILES string of the molecule is CC(NC(=O)c1ccc(C(C)(C)C)cc1)C(=O)N=c1sccn1C. The molecule has 1 aromatic heterocycles. The molecule has 1 heterocycles. The minimum Gasteiger partial charge on any atom is -0.340 e. The van der Waals surface area contributed by atoms with Crippen molar-refractivity contribution < 1.29 is 9.59 Å². The van der Waals surface area contributed by atoms with Crippen molar-refractivity contribution >= 4 is 23.2 Å². The van der Waals surface area contributed by atoms with Gasteiger partial charge in [0.25, 0.3) is 11.8 Å². The number of rotatable bonds is 3. The molecule has 0 aliphatic heterocycles. The Balaban J connectivity index is 2.06. The normalized spacial score (nSPS) is 13.6. The van der Waals surface area contributed by atoms with E-state index in [1.165, 1.54) is 11.3 Å². The molecule has 0 radical (unpaired) electrons. The molecule has 5 nitrogen and oxygen atoms in total. The van der Waals surface area contributed by atoms with Gasteiger partial charge in [0.1, 0.15) is 6.04 Å². The number of nitrogens with zero attached hydrogens (tertiary/aromatic N) is 2. The highest BCUT2D eigenvalue weighted by Crippen LogP contribution is 2.22. The van der Waals surface area contributed by atoms with Gasteiger partial charge >= 0.3 is 0 Å². The number of carbonyl (C=O) groups excluding carboxylic acids is 2. The molecule has 0 fully saturated rings. The Kier molecular flexibility index (Phi) is 5.39. The van der Waals surface area contributed by atoms with E-state index in [1.807, 2.05) is 30.8 Å². The molecule has 24 heavy (non-hydrogen) atoms. The van der Waals surface area contributed by atoms with E-state index in [1.54, 1.807) is 23.6 Å². The van der Waals surface area contributed by atoms with Crippen LogP contribution in [0, 0.1) is 0 Å². The van der Waals surface area contributed by atoms with Gasteiger partial charge in [-0.15, -0.1) is 11.3 Å². The summed E-state index contributed by atoms with van der Waals surface area (Å²) < 4.78 is 1.77. The van der Waals surface area contributed by atoms with E-state index in [-0.39, 0.29) is 17.2 Å². The summed E-state index contributed by atoms with van der Waals surface area (Å²) in [7, 11) is 1.82. The van der Waals surface area contributed by atoms with Crippen molar-refractivity contribution in [2.45, 2.75) is 39.2 Å². The van der Waals surface area contributed by atoms with Gasteiger partial charge in [-0.25, -0.2) is 0 Å². The van der Waals surface area contributed by atoms with Crippen molar-refractivity contribution in [3.63, 3.8) is 0 Å². The molecule has 0 bridgehead atoms. The highest BCUT2D eigenvalue weighted by Gasteiger charge is 2.18. The van der Waals surface area contributed by atoms with Crippen molar-refractivity contribution in [1.29, 1.82) is 0 Å². The summed E-state index contributed by atoms with van der Waals surface area (Å²) in [6.07, 6.45) is 1.83. The second kappa shape index (κ2) is 7.13. The van der Waals surface area contributed by atoms with E-state index >= 15 is 0 Å². The summed E-state index contributed by atoms with van der Waals surface area (Å²) in [6.45, 7) is 8.00. The first kappa shape index (κ1) is 18.1. The topological polar surface area (TPSA) is 63.5 Å². The Labute approximate surface area is 146 Å². The molecule has 128 valence electrons. The highest BCUT2D eigenvalue weighted by molar-refractivity contribution is 7.07. The maximum absolute atomic E-state index is 12.3.